The van der Waals surface area contributed by atoms with Gasteiger partial charge in [-0.25, -0.2) is 0 Å². The van der Waals surface area contributed by atoms with E-state index in [0.717, 1.165) is 12.0 Å². The molecule has 2 aromatic rings. The Kier molecular flexibility index (Phi) is 7.67. The maximum Gasteiger partial charge on any atom is 0.260 e. The minimum Gasteiger partial charge on any atom is -0.495 e. The fourth-order valence-electron chi connectivity index (χ4n) is 2.54. The number of nitrogens with one attached hydrogen (secondary N) is 1. The Morgan fingerprint density at radius 2 is 1.78 bits per heavy atom. The fourth-order valence-corrected chi connectivity index (χ4v) is 2.54. The Morgan fingerprint density at radius 3 is 2.44 bits per heavy atom. The standard InChI is InChI=1S/C21H26N2O4/c1-4-13-23(21(25)15-27-17-11-9-16(2)10-12-17)14-20(24)22-18-7-5-6-8-19(18)26-3/h5-12H,4,13-15H2,1-3H3,(H,22,24). The average Bonchev–Trinajstić information content (AvgIpc) is 2.67. The summed E-state index contributed by atoms with van der Waals surface area (Å²) < 4.78 is 10.8. The van der Waals surface area contributed by atoms with Gasteiger partial charge in [0.2, 0.25) is 5.91 Å². The molecular weight excluding hydrogens is 344 g/mol. The summed E-state index contributed by atoms with van der Waals surface area (Å²) in [5.74, 6) is 0.690. The van der Waals surface area contributed by atoms with E-state index in [-0.39, 0.29) is 25.0 Å². The number of methoxy groups -OCH3 is 1. The van der Waals surface area contributed by atoms with Crippen LogP contribution in [0.5, 0.6) is 11.5 Å². The maximum absolute atomic E-state index is 12.5. The van der Waals surface area contributed by atoms with Crippen LogP contribution in [0.25, 0.3) is 0 Å². The molecule has 0 saturated carbocycles. The SMILES string of the molecule is CCCN(CC(=O)Nc1ccccc1OC)C(=O)COc1ccc(C)cc1. The van der Waals surface area contributed by atoms with E-state index in [1.165, 1.54) is 4.90 Å². The first kappa shape index (κ1) is 20.3. The lowest BCUT2D eigenvalue weighted by molar-refractivity contribution is -0.136. The summed E-state index contributed by atoms with van der Waals surface area (Å²) in [6.45, 7) is 4.28. The number of nitrogens with zero attached hydrogens (tertiary/aromatic N) is 1. The second kappa shape index (κ2) is 10.2. The maximum atomic E-state index is 12.5. The molecule has 2 rings (SSSR count). The van der Waals surface area contributed by atoms with Crippen molar-refractivity contribution in [2.24, 2.45) is 0 Å². The van der Waals surface area contributed by atoms with E-state index >= 15 is 0 Å². The molecule has 2 amide bonds. The molecule has 6 nitrogen and oxygen atoms in total. The van der Waals surface area contributed by atoms with Gasteiger partial charge >= 0.3 is 0 Å². The Hall–Kier alpha value is -3.02. The predicted molar refractivity (Wildman–Crippen MR) is 105 cm³/mol. The van der Waals surface area contributed by atoms with Crippen molar-refractivity contribution in [1.82, 2.24) is 4.90 Å². The summed E-state index contributed by atoms with van der Waals surface area (Å²) in [4.78, 5) is 26.4. The average molecular weight is 370 g/mol. The second-order valence-electron chi connectivity index (χ2n) is 6.17. The Balaban J connectivity index is 1.93. The minimum atomic E-state index is -0.281. The van der Waals surface area contributed by atoms with Crippen molar-refractivity contribution in [1.29, 1.82) is 0 Å². The monoisotopic (exact) mass is 370 g/mol. The molecule has 0 unspecified atom stereocenters. The number of rotatable bonds is 9. The molecule has 0 saturated heterocycles. The van der Waals surface area contributed by atoms with Crippen molar-refractivity contribution in [3.05, 3.63) is 54.1 Å². The molecule has 0 fully saturated rings. The second-order valence-corrected chi connectivity index (χ2v) is 6.17. The first-order valence-electron chi connectivity index (χ1n) is 8.93. The van der Waals surface area contributed by atoms with Crippen molar-refractivity contribution in [2.75, 3.05) is 32.1 Å². The zero-order valence-electron chi connectivity index (χ0n) is 16.0. The Bertz CT molecular complexity index is 759. The molecule has 2 aromatic carbocycles. The highest BCUT2D eigenvalue weighted by Gasteiger charge is 2.18. The molecule has 0 aliphatic rings. The van der Waals surface area contributed by atoms with E-state index in [0.29, 0.717) is 23.7 Å². The third kappa shape index (κ3) is 6.33. The highest BCUT2D eigenvalue weighted by Crippen LogP contribution is 2.22. The van der Waals surface area contributed by atoms with Gasteiger partial charge in [-0.15, -0.1) is 0 Å². The highest BCUT2D eigenvalue weighted by molar-refractivity contribution is 5.95. The van der Waals surface area contributed by atoms with Crippen molar-refractivity contribution in [3.8, 4) is 11.5 Å². The zero-order chi connectivity index (χ0) is 19.6. The van der Waals surface area contributed by atoms with E-state index in [9.17, 15) is 9.59 Å². The smallest absolute Gasteiger partial charge is 0.260 e. The molecule has 0 heterocycles. The van der Waals surface area contributed by atoms with Gasteiger partial charge in [-0.1, -0.05) is 36.8 Å². The number of anilines is 1. The van der Waals surface area contributed by atoms with Crippen LogP contribution in [0.1, 0.15) is 18.9 Å². The lowest BCUT2D eigenvalue weighted by atomic mass is 10.2. The van der Waals surface area contributed by atoms with Crippen molar-refractivity contribution < 1.29 is 19.1 Å². The third-order valence-corrected chi connectivity index (χ3v) is 3.95. The van der Waals surface area contributed by atoms with Crippen LogP contribution in [0.2, 0.25) is 0 Å². The number of amides is 2. The minimum absolute atomic E-state index is 0.0397. The Labute approximate surface area is 160 Å². The molecule has 27 heavy (non-hydrogen) atoms. The largest absolute Gasteiger partial charge is 0.495 e. The summed E-state index contributed by atoms with van der Waals surface area (Å²) in [5, 5.41) is 2.79. The van der Waals surface area contributed by atoms with Crippen molar-refractivity contribution >= 4 is 17.5 Å². The Morgan fingerprint density at radius 1 is 1.07 bits per heavy atom. The number of carbonyl (C=O) groups is 2. The number of benzene rings is 2. The number of aryl methyl sites for hydroxylation is 1. The number of hydrogen-bond acceptors (Lipinski definition) is 4. The topological polar surface area (TPSA) is 67.9 Å². The molecule has 0 radical (unpaired) electrons. The van der Waals surface area contributed by atoms with Crippen LogP contribution in [0.4, 0.5) is 5.69 Å². The normalized spacial score (nSPS) is 10.2. The summed E-state index contributed by atoms with van der Waals surface area (Å²) in [6, 6.07) is 14.6. The molecule has 0 aromatic heterocycles. The molecule has 0 spiro atoms. The van der Waals surface area contributed by atoms with E-state index in [1.807, 2.05) is 50.2 Å². The molecule has 0 aliphatic carbocycles. The number of carbonyl (C=O) groups excluding carboxylic acids is 2. The lowest BCUT2D eigenvalue weighted by Crippen LogP contribution is -2.41. The summed E-state index contributed by atoms with van der Waals surface area (Å²) in [6.07, 6.45) is 0.748. The third-order valence-electron chi connectivity index (χ3n) is 3.95. The highest BCUT2D eigenvalue weighted by atomic mass is 16.5. The van der Waals surface area contributed by atoms with Crippen molar-refractivity contribution in [2.45, 2.75) is 20.3 Å². The van der Waals surface area contributed by atoms with Crippen LogP contribution >= 0.6 is 0 Å². The van der Waals surface area contributed by atoms with Gasteiger partial charge in [-0.3, -0.25) is 9.59 Å². The van der Waals surface area contributed by atoms with Gasteiger partial charge in [0.25, 0.3) is 5.91 Å². The van der Waals surface area contributed by atoms with E-state index in [2.05, 4.69) is 5.32 Å². The molecular formula is C21H26N2O4. The van der Waals surface area contributed by atoms with E-state index in [4.69, 9.17) is 9.47 Å². The van der Waals surface area contributed by atoms with Crippen LogP contribution in [-0.4, -0.2) is 43.5 Å². The van der Waals surface area contributed by atoms with Gasteiger partial charge in [-0.2, -0.15) is 0 Å². The number of hydrogen-bond donors (Lipinski definition) is 1. The summed E-state index contributed by atoms with van der Waals surface area (Å²) >= 11 is 0. The van der Waals surface area contributed by atoms with Crippen LogP contribution in [0.3, 0.4) is 0 Å². The molecule has 1 N–H and O–H groups in total. The van der Waals surface area contributed by atoms with Gasteiger partial charge in [0.05, 0.1) is 19.3 Å². The molecule has 0 atom stereocenters. The van der Waals surface area contributed by atoms with Crippen LogP contribution in [0.15, 0.2) is 48.5 Å². The van der Waals surface area contributed by atoms with Gasteiger partial charge in [0.1, 0.15) is 11.5 Å². The first-order valence-corrected chi connectivity index (χ1v) is 8.93. The van der Waals surface area contributed by atoms with Crippen LogP contribution in [-0.2, 0) is 9.59 Å². The summed E-state index contributed by atoms with van der Waals surface area (Å²) in [5.41, 5.74) is 1.69. The fraction of sp³-hybridized carbons (Fsp3) is 0.333. The van der Waals surface area contributed by atoms with Crippen LogP contribution < -0.4 is 14.8 Å². The van der Waals surface area contributed by atoms with Crippen molar-refractivity contribution in [3.63, 3.8) is 0 Å². The first-order chi connectivity index (χ1) is 13.0. The quantitative estimate of drug-likeness (QED) is 0.736. The van der Waals surface area contributed by atoms with Gasteiger partial charge in [0, 0.05) is 6.54 Å². The van der Waals surface area contributed by atoms with Crippen LogP contribution in [0, 0.1) is 6.92 Å². The number of para-hydroxylation sites is 2. The van der Waals surface area contributed by atoms with Gasteiger partial charge < -0.3 is 19.7 Å². The molecule has 0 bridgehead atoms. The van der Waals surface area contributed by atoms with E-state index < -0.39 is 0 Å². The van der Waals surface area contributed by atoms with E-state index in [1.54, 1.807) is 19.2 Å². The molecule has 144 valence electrons. The zero-order valence-corrected chi connectivity index (χ0v) is 16.0. The van der Waals surface area contributed by atoms with Gasteiger partial charge in [0.15, 0.2) is 6.61 Å². The summed E-state index contributed by atoms with van der Waals surface area (Å²) in [7, 11) is 1.54. The molecule has 0 aliphatic heterocycles. The predicted octanol–water partition coefficient (Wildman–Crippen LogP) is 3.26. The number of ether oxygens (including phenoxy) is 2. The van der Waals surface area contributed by atoms with Gasteiger partial charge in [-0.05, 0) is 37.6 Å². The lowest BCUT2D eigenvalue weighted by Gasteiger charge is -2.22. The molecule has 6 heteroatoms.